The molecule has 0 fully saturated rings. The predicted molar refractivity (Wildman–Crippen MR) is 117 cm³/mol. The Hall–Kier alpha value is -3.02. The first-order chi connectivity index (χ1) is 14.0. The molecule has 2 aromatic heterocycles. The molecule has 0 aliphatic carbocycles. The van der Waals surface area contributed by atoms with Gasteiger partial charge in [0.25, 0.3) is 0 Å². The van der Waals surface area contributed by atoms with Gasteiger partial charge in [-0.05, 0) is 44.2 Å². The molecular formula is C22H17Cl2N3O2. The summed E-state index contributed by atoms with van der Waals surface area (Å²) in [6.45, 7) is 3.92. The predicted octanol–water partition coefficient (Wildman–Crippen LogP) is 5.91. The molecule has 146 valence electrons. The second-order valence-corrected chi connectivity index (χ2v) is 7.37. The largest absolute Gasteiger partial charge is 0.451 e. The number of hydrazone groups is 1. The van der Waals surface area contributed by atoms with E-state index in [1.165, 1.54) is 0 Å². The Bertz CT molecular complexity index is 1220. The first-order valence-electron chi connectivity index (χ1n) is 8.91. The molecule has 0 saturated heterocycles. The van der Waals surface area contributed by atoms with Crippen molar-refractivity contribution >= 4 is 46.3 Å². The van der Waals surface area contributed by atoms with Crippen LogP contribution in [0, 0.1) is 13.8 Å². The van der Waals surface area contributed by atoms with E-state index in [1.807, 2.05) is 60.9 Å². The van der Waals surface area contributed by atoms with Crippen molar-refractivity contribution in [3.63, 3.8) is 0 Å². The molecule has 5 nitrogen and oxygen atoms in total. The summed E-state index contributed by atoms with van der Waals surface area (Å²) >= 11 is 12.5. The van der Waals surface area contributed by atoms with Crippen molar-refractivity contribution in [3.05, 3.63) is 87.4 Å². The summed E-state index contributed by atoms with van der Waals surface area (Å²) in [5, 5.41) is 5.92. The van der Waals surface area contributed by atoms with E-state index in [1.54, 1.807) is 18.3 Å². The number of nitrogens with one attached hydrogen (secondary N) is 1. The molecule has 2 aromatic carbocycles. The Kier molecular flexibility index (Phi) is 5.18. The Balaban J connectivity index is 1.56. The van der Waals surface area contributed by atoms with Crippen LogP contribution in [0.5, 0.6) is 0 Å². The van der Waals surface area contributed by atoms with Crippen molar-refractivity contribution in [1.82, 2.24) is 9.99 Å². The van der Waals surface area contributed by atoms with E-state index in [0.717, 1.165) is 28.0 Å². The smallest absolute Gasteiger partial charge is 0.307 e. The van der Waals surface area contributed by atoms with Gasteiger partial charge in [-0.25, -0.2) is 5.43 Å². The van der Waals surface area contributed by atoms with Crippen LogP contribution in [-0.2, 0) is 0 Å². The molecule has 0 bridgehead atoms. The number of amides is 1. The normalized spacial score (nSPS) is 11.4. The molecule has 0 aliphatic heterocycles. The first-order valence-corrected chi connectivity index (χ1v) is 9.66. The molecule has 2 heterocycles. The van der Waals surface area contributed by atoms with Gasteiger partial charge in [0.15, 0.2) is 5.76 Å². The van der Waals surface area contributed by atoms with Gasteiger partial charge in [-0.3, -0.25) is 4.79 Å². The molecule has 1 N–H and O–H groups in total. The molecule has 4 rings (SSSR count). The lowest BCUT2D eigenvalue weighted by molar-refractivity contribution is 0.0929. The standard InChI is InChI=1S/C22H17Cl2N3O2/c1-13-10-16(14(2)27(13)18-8-5-7-17(23)21(18)24)12-25-26-22(28)20-11-15-6-3-4-9-19(15)29-20/h3-12H,1-2H3,(H,26,28)/b25-12+. The summed E-state index contributed by atoms with van der Waals surface area (Å²) in [5.74, 6) is -0.205. The van der Waals surface area contributed by atoms with Gasteiger partial charge >= 0.3 is 5.91 Å². The second kappa shape index (κ2) is 7.78. The Morgan fingerprint density at radius 3 is 2.69 bits per heavy atom. The fourth-order valence-electron chi connectivity index (χ4n) is 3.26. The summed E-state index contributed by atoms with van der Waals surface area (Å²) in [6.07, 6.45) is 1.60. The van der Waals surface area contributed by atoms with Gasteiger partial charge < -0.3 is 8.98 Å². The van der Waals surface area contributed by atoms with Gasteiger partial charge in [0.2, 0.25) is 0 Å². The van der Waals surface area contributed by atoms with Crippen molar-refractivity contribution in [3.8, 4) is 5.69 Å². The zero-order chi connectivity index (χ0) is 20.5. The molecule has 0 aliphatic rings. The Labute approximate surface area is 177 Å². The van der Waals surface area contributed by atoms with Crippen LogP contribution in [0.2, 0.25) is 10.0 Å². The molecule has 0 unspecified atom stereocenters. The molecule has 29 heavy (non-hydrogen) atoms. The van der Waals surface area contributed by atoms with Gasteiger partial charge in [0.05, 0.1) is 21.9 Å². The number of rotatable bonds is 4. The summed E-state index contributed by atoms with van der Waals surface area (Å²) in [7, 11) is 0. The third-order valence-electron chi connectivity index (χ3n) is 4.66. The maximum atomic E-state index is 12.3. The van der Waals surface area contributed by atoms with Gasteiger partial charge in [0, 0.05) is 22.3 Å². The maximum Gasteiger partial charge on any atom is 0.307 e. The van der Waals surface area contributed by atoms with E-state index < -0.39 is 5.91 Å². The Morgan fingerprint density at radius 2 is 1.90 bits per heavy atom. The fourth-order valence-corrected chi connectivity index (χ4v) is 3.64. The number of carbonyl (C=O) groups excluding carboxylic acids is 1. The average Bonchev–Trinajstić information content (AvgIpc) is 3.25. The van der Waals surface area contributed by atoms with Gasteiger partial charge in [0.1, 0.15) is 5.58 Å². The highest BCUT2D eigenvalue weighted by Crippen LogP contribution is 2.31. The second-order valence-electron chi connectivity index (χ2n) is 6.58. The van der Waals surface area contributed by atoms with Crippen molar-refractivity contribution in [2.24, 2.45) is 5.10 Å². The highest BCUT2D eigenvalue weighted by molar-refractivity contribution is 6.43. The first kappa shape index (κ1) is 19.3. The molecule has 0 radical (unpaired) electrons. The third-order valence-corrected chi connectivity index (χ3v) is 5.47. The molecule has 0 saturated carbocycles. The number of furan rings is 1. The molecule has 1 amide bonds. The fraction of sp³-hybridized carbons (Fsp3) is 0.0909. The zero-order valence-corrected chi connectivity index (χ0v) is 17.3. The molecule has 0 atom stereocenters. The maximum absolute atomic E-state index is 12.3. The number of hydrogen-bond donors (Lipinski definition) is 1. The number of aryl methyl sites for hydroxylation is 1. The van der Waals surface area contributed by atoms with Crippen molar-refractivity contribution < 1.29 is 9.21 Å². The Morgan fingerprint density at radius 1 is 1.10 bits per heavy atom. The van der Waals surface area contributed by atoms with E-state index >= 15 is 0 Å². The summed E-state index contributed by atoms with van der Waals surface area (Å²) in [4.78, 5) is 12.3. The lowest BCUT2D eigenvalue weighted by atomic mass is 10.2. The van der Waals surface area contributed by atoms with E-state index in [2.05, 4.69) is 10.5 Å². The van der Waals surface area contributed by atoms with Crippen LogP contribution in [0.25, 0.3) is 16.7 Å². The highest BCUT2D eigenvalue weighted by Gasteiger charge is 2.14. The zero-order valence-electron chi connectivity index (χ0n) is 15.7. The minimum atomic E-state index is -0.413. The summed E-state index contributed by atoms with van der Waals surface area (Å²) in [6, 6.07) is 16.6. The lowest BCUT2D eigenvalue weighted by Crippen LogP contribution is -2.16. The molecule has 4 aromatic rings. The number of benzene rings is 2. The number of aromatic nitrogens is 1. The number of carbonyl (C=O) groups is 1. The van der Waals surface area contributed by atoms with Crippen LogP contribution in [0.4, 0.5) is 0 Å². The third kappa shape index (κ3) is 3.67. The number of halogens is 2. The number of para-hydroxylation sites is 1. The topological polar surface area (TPSA) is 59.5 Å². The van der Waals surface area contributed by atoms with Gasteiger partial charge in [-0.1, -0.05) is 47.5 Å². The summed E-state index contributed by atoms with van der Waals surface area (Å²) < 4.78 is 7.54. The van der Waals surface area contributed by atoms with Crippen LogP contribution in [0.3, 0.4) is 0 Å². The number of hydrogen-bond acceptors (Lipinski definition) is 3. The molecular weight excluding hydrogens is 409 g/mol. The van der Waals surface area contributed by atoms with Crippen LogP contribution >= 0.6 is 23.2 Å². The summed E-state index contributed by atoms with van der Waals surface area (Å²) in [5.41, 5.74) is 6.70. The van der Waals surface area contributed by atoms with Crippen molar-refractivity contribution in [2.75, 3.05) is 0 Å². The number of fused-ring (bicyclic) bond motifs is 1. The van der Waals surface area contributed by atoms with Crippen molar-refractivity contribution in [2.45, 2.75) is 13.8 Å². The van der Waals surface area contributed by atoms with Gasteiger partial charge in [-0.2, -0.15) is 5.10 Å². The highest BCUT2D eigenvalue weighted by atomic mass is 35.5. The monoisotopic (exact) mass is 425 g/mol. The van der Waals surface area contributed by atoms with E-state index in [4.69, 9.17) is 27.6 Å². The van der Waals surface area contributed by atoms with Crippen LogP contribution in [-0.4, -0.2) is 16.7 Å². The SMILES string of the molecule is Cc1cc(/C=N/NC(=O)c2cc3ccccc3o2)c(C)n1-c1cccc(Cl)c1Cl. The van der Waals surface area contributed by atoms with E-state index in [-0.39, 0.29) is 5.76 Å². The minimum Gasteiger partial charge on any atom is -0.451 e. The van der Waals surface area contributed by atoms with E-state index in [9.17, 15) is 4.79 Å². The molecule has 0 spiro atoms. The lowest BCUT2D eigenvalue weighted by Gasteiger charge is -2.12. The minimum absolute atomic E-state index is 0.208. The molecule has 7 heteroatoms. The average molecular weight is 426 g/mol. The van der Waals surface area contributed by atoms with Crippen LogP contribution in [0.15, 0.2) is 64.1 Å². The number of nitrogens with zero attached hydrogens (tertiary/aromatic N) is 2. The van der Waals surface area contributed by atoms with E-state index in [0.29, 0.717) is 15.6 Å². The van der Waals surface area contributed by atoms with Gasteiger partial charge in [-0.15, -0.1) is 0 Å². The van der Waals surface area contributed by atoms with Crippen molar-refractivity contribution in [1.29, 1.82) is 0 Å². The van der Waals surface area contributed by atoms with Crippen LogP contribution < -0.4 is 5.43 Å². The van der Waals surface area contributed by atoms with Crippen LogP contribution in [0.1, 0.15) is 27.5 Å². The quantitative estimate of drug-likeness (QED) is 0.326.